The van der Waals surface area contributed by atoms with Crippen LogP contribution in [0, 0.1) is 0 Å². The van der Waals surface area contributed by atoms with Gasteiger partial charge >= 0.3 is 0 Å². The molecule has 30 heavy (non-hydrogen) atoms. The molecule has 5 rings (SSSR count). The smallest absolute Gasteiger partial charge is 0.245 e. The Kier molecular flexibility index (Phi) is 5.16. The number of aromatic amines is 1. The third-order valence-corrected chi connectivity index (χ3v) is 7.66. The van der Waals surface area contributed by atoms with Crippen molar-refractivity contribution >= 4 is 32.7 Å². The molecule has 2 aliphatic heterocycles. The molecule has 0 amide bonds. The maximum atomic E-state index is 13.2. The molecule has 158 valence electrons. The number of fused-ring (bicyclic) bond motifs is 2. The van der Waals surface area contributed by atoms with Gasteiger partial charge in [0.1, 0.15) is 16.3 Å². The van der Waals surface area contributed by atoms with E-state index in [1.807, 2.05) is 12.1 Å². The van der Waals surface area contributed by atoms with E-state index in [1.54, 1.807) is 18.3 Å². The number of ether oxygens (including phenoxy) is 2. The second-order valence-corrected chi connectivity index (χ2v) is 9.74. The Balaban J connectivity index is 1.31. The lowest BCUT2D eigenvalue weighted by Gasteiger charge is -2.34. The van der Waals surface area contributed by atoms with Crippen LogP contribution < -0.4 is 4.74 Å². The molecular formula is C20H21ClN4O4S. The van der Waals surface area contributed by atoms with Crippen LogP contribution in [-0.2, 0) is 27.9 Å². The number of sulfonamides is 1. The summed E-state index contributed by atoms with van der Waals surface area (Å²) in [5.41, 5.74) is 2.52. The van der Waals surface area contributed by atoms with E-state index in [9.17, 15) is 8.42 Å². The number of rotatable bonds is 4. The minimum Gasteiger partial charge on any atom is -0.467 e. The molecule has 10 heteroatoms. The average molecular weight is 449 g/mol. The van der Waals surface area contributed by atoms with Gasteiger partial charge in [0.2, 0.25) is 10.0 Å². The first kappa shape index (κ1) is 19.8. The molecular weight excluding hydrogens is 428 g/mol. The van der Waals surface area contributed by atoms with Crippen LogP contribution in [0.1, 0.15) is 11.1 Å². The minimum atomic E-state index is -3.59. The van der Waals surface area contributed by atoms with E-state index in [0.717, 1.165) is 16.9 Å². The molecule has 0 bridgehead atoms. The Morgan fingerprint density at radius 1 is 1.20 bits per heavy atom. The van der Waals surface area contributed by atoms with Gasteiger partial charge in [-0.05, 0) is 24.3 Å². The molecule has 4 heterocycles. The van der Waals surface area contributed by atoms with Gasteiger partial charge in [0.25, 0.3) is 0 Å². The predicted molar refractivity (Wildman–Crippen MR) is 112 cm³/mol. The van der Waals surface area contributed by atoms with E-state index < -0.39 is 10.0 Å². The number of nitrogens with one attached hydrogen (secondary N) is 1. The van der Waals surface area contributed by atoms with Gasteiger partial charge in [-0.3, -0.25) is 4.90 Å². The second kappa shape index (κ2) is 7.82. The molecule has 3 aromatic rings. The van der Waals surface area contributed by atoms with Crippen molar-refractivity contribution in [2.24, 2.45) is 0 Å². The standard InChI is InChI=1S/C20H21ClN4O4S/c21-16-8-14(19-15(9-16)12-28-13-29-19)11-24-4-6-25(7-5-24)30(26,27)18-10-23-20-17(18)2-1-3-22-20/h1-3,8-10H,4-7,11-13H2,(H,22,23). The highest BCUT2D eigenvalue weighted by molar-refractivity contribution is 7.89. The van der Waals surface area contributed by atoms with Crippen molar-refractivity contribution in [1.29, 1.82) is 0 Å². The number of piperazine rings is 1. The molecule has 1 saturated heterocycles. The molecule has 8 nitrogen and oxygen atoms in total. The Morgan fingerprint density at radius 3 is 2.87 bits per heavy atom. The fourth-order valence-electron chi connectivity index (χ4n) is 4.03. The highest BCUT2D eigenvalue weighted by atomic mass is 35.5. The maximum absolute atomic E-state index is 13.2. The van der Waals surface area contributed by atoms with Crippen molar-refractivity contribution in [3.8, 4) is 5.75 Å². The summed E-state index contributed by atoms with van der Waals surface area (Å²) < 4.78 is 38.9. The van der Waals surface area contributed by atoms with E-state index in [4.69, 9.17) is 21.1 Å². The summed E-state index contributed by atoms with van der Waals surface area (Å²) in [6.07, 6.45) is 3.16. The van der Waals surface area contributed by atoms with Crippen LogP contribution >= 0.6 is 11.6 Å². The fraction of sp³-hybridized carbons (Fsp3) is 0.350. The molecule has 2 aromatic heterocycles. The van der Waals surface area contributed by atoms with Crippen LogP contribution in [0.15, 0.2) is 41.6 Å². The first-order valence-electron chi connectivity index (χ1n) is 9.69. The largest absolute Gasteiger partial charge is 0.467 e. The Morgan fingerprint density at radius 2 is 2.03 bits per heavy atom. The molecule has 2 aliphatic rings. The van der Waals surface area contributed by atoms with Gasteiger partial charge in [-0.15, -0.1) is 0 Å². The van der Waals surface area contributed by atoms with Crippen molar-refractivity contribution in [2.75, 3.05) is 33.0 Å². The number of aromatic nitrogens is 2. The topological polar surface area (TPSA) is 87.8 Å². The summed E-state index contributed by atoms with van der Waals surface area (Å²) in [7, 11) is -3.59. The number of benzene rings is 1. The number of hydrogen-bond acceptors (Lipinski definition) is 6. The lowest BCUT2D eigenvalue weighted by Crippen LogP contribution is -2.48. The first-order valence-corrected chi connectivity index (χ1v) is 11.5. The van der Waals surface area contributed by atoms with E-state index in [-0.39, 0.29) is 11.7 Å². The van der Waals surface area contributed by atoms with Crippen LogP contribution in [0.25, 0.3) is 11.0 Å². The lowest BCUT2D eigenvalue weighted by molar-refractivity contribution is -0.0175. The third-order valence-electron chi connectivity index (χ3n) is 5.51. The maximum Gasteiger partial charge on any atom is 0.245 e. The number of pyridine rings is 1. The van der Waals surface area contributed by atoms with Gasteiger partial charge in [-0.1, -0.05) is 11.6 Å². The molecule has 1 N–H and O–H groups in total. The predicted octanol–water partition coefficient (Wildman–Crippen LogP) is 2.59. The summed E-state index contributed by atoms with van der Waals surface area (Å²) in [5, 5.41) is 1.26. The van der Waals surface area contributed by atoms with Crippen molar-refractivity contribution in [3.63, 3.8) is 0 Å². The Labute approximate surface area is 179 Å². The van der Waals surface area contributed by atoms with Crippen LogP contribution in [0.5, 0.6) is 5.75 Å². The zero-order valence-corrected chi connectivity index (χ0v) is 17.7. The van der Waals surface area contributed by atoms with Crippen LogP contribution in [0.3, 0.4) is 0 Å². The fourth-order valence-corrected chi connectivity index (χ4v) is 5.86. The molecule has 1 aromatic carbocycles. The van der Waals surface area contributed by atoms with Crippen LogP contribution in [0.4, 0.5) is 0 Å². The Hall–Kier alpha value is -2.17. The second-order valence-electron chi connectivity index (χ2n) is 7.40. The monoisotopic (exact) mass is 448 g/mol. The highest BCUT2D eigenvalue weighted by Crippen LogP contribution is 2.33. The van der Waals surface area contributed by atoms with Gasteiger partial charge in [-0.25, -0.2) is 13.4 Å². The van der Waals surface area contributed by atoms with Gasteiger partial charge in [0.05, 0.1) is 6.61 Å². The Bertz CT molecular complexity index is 1190. The SMILES string of the molecule is O=S(=O)(c1c[nH]c2ncccc12)N1CCN(Cc2cc(Cl)cc3c2OCOC3)CC1. The van der Waals surface area contributed by atoms with Crippen molar-refractivity contribution in [2.45, 2.75) is 18.0 Å². The van der Waals surface area contributed by atoms with Crippen LogP contribution in [0.2, 0.25) is 5.02 Å². The van der Waals surface area contributed by atoms with Gasteiger partial charge in [-0.2, -0.15) is 4.31 Å². The van der Waals surface area contributed by atoms with Crippen molar-refractivity contribution in [3.05, 3.63) is 52.8 Å². The molecule has 0 aliphatic carbocycles. The number of halogens is 1. The summed E-state index contributed by atoms with van der Waals surface area (Å²) in [4.78, 5) is 9.62. The zero-order valence-electron chi connectivity index (χ0n) is 16.2. The van der Waals surface area contributed by atoms with Gasteiger partial charge < -0.3 is 14.5 Å². The van der Waals surface area contributed by atoms with E-state index in [1.165, 1.54) is 10.5 Å². The summed E-state index contributed by atoms with van der Waals surface area (Å²) in [6, 6.07) is 7.29. The molecule has 0 radical (unpaired) electrons. The zero-order chi connectivity index (χ0) is 20.7. The quantitative estimate of drug-likeness (QED) is 0.660. The molecule has 0 spiro atoms. The number of hydrogen-bond donors (Lipinski definition) is 1. The van der Waals surface area contributed by atoms with Crippen molar-refractivity contribution < 1.29 is 17.9 Å². The summed E-state index contributed by atoms with van der Waals surface area (Å²) in [6.45, 7) is 3.44. The van der Waals surface area contributed by atoms with E-state index in [2.05, 4.69) is 14.9 Å². The van der Waals surface area contributed by atoms with Gasteiger partial charge in [0.15, 0.2) is 6.79 Å². The molecule has 0 unspecified atom stereocenters. The highest BCUT2D eigenvalue weighted by Gasteiger charge is 2.31. The average Bonchev–Trinajstić information content (AvgIpc) is 3.19. The van der Waals surface area contributed by atoms with Crippen molar-refractivity contribution in [1.82, 2.24) is 19.2 Å². The first-order chi connectivity index (χ1) is 14.5. The van der Waals surface area contributed by atoms with E-state index in [0.29, 0.717) is 55.4 Å². The molecule has 0 atom stereocenters. The van der Waals surface area contributed by atoms with Gasteiger partial charge in [0, 0.05) is 66.7 Å². The molecule has 1 fully saturated rings. The normalized spacial score (nSPS) is 18.3. The number of H-pyrrole nitrogens is 1. The van der Waals surface area contributed by atoms with Crippen LogP contribution in [-0.4, -0.2) is 60.6 Å². The summed E-state index contributed by atoms with van der Waals surface area (Å²) >= 11 is 6.26. The third kappa shape index (κ3) is 3.57. The van der Waals surface area contributed by atoms with E-state index >= 15 is 0 Å². The summed E-state index contributed by atoms with van der Waals surface area (Å²) in [5.74, 6) is 0.826. The lowest BCUT2D eigenvalue weighted by atomic mass is 10.1. The number of nitrogens with zero attached hydrogens (tertiary/aromatic N) is 3. The molecule has 0 saturated carbocycles. The minimum absolute atomic E-state index is 0.229.